The average molecular weight is 757 g/mol. The van der Waals surface area contributed by atoms with Crippen LogP contribution in [0.25, 0.3) is 43.8 Å². The van der Waals surface area contributed by atoms with Gasteiger partial charge in [-0.2, -0.15) is 12.1 Å². The van der Waals surface area contributed by atoms with Crippen molar-refractivity contribution in [2.45, 2.75) is 86.0 Å². The van der Waals surface area contributed by atoms with Gasteiger partial charge in [0.25, 0.3) is 0 Å². The third-order valence-corrected chi connectivity index (χ3v) is 8.56. The van der Waals surface area contributed by atoms with Gasteiger partial charge in [-0.05, 0) is 45.9 Å². The van der Waals surface area contributed by atoms with Gasteiger partial charge in [0.15, 0.2) is 0 Å². The van der Waals surface area contributed by atoms with Crippen molar-refractivity contribution in [3.05, 3.63) is 131 Å². The molecule has 6 rings (SSSR count). The number of fused-ring (bicyclic) bond motifs is 2. The summed E-state index contributed by atoms with van der Waals surface area (Å²) < 4.78 is 2.14. The van der Waals surface area contributed by atoms with Crippen LogP contribution in [0, 0.1) is 0 Å². The second-order valence-electron chi connectivity index (χ2n) is 14.0. The molecule has 0 bridgehead atoms. The topological polar surface area (TPSA) is 0 Å². The number of hydrogen-bond acceptors (Lipinski definition) is 0. The minimum absolute atomic E-state index is 0.209. The first-order valence-electron chi connectivity index (χ1n) is 16.4. The normalized spacial score (nSPS) is 11.5. The summed E-state index contributed by atoms with van der Waals surface area (Å²) in [5.74, 6) is 0. The Morgan fingerprint density at radius 2 is 0.889 bits per heavy atom. The summed E-state index contributed by atoms with van der Waals surface area (Å²) in [6.45, 7) is 20.0. The van der Waals surface area contributed by atoms with Gasteiger partial charge in [-0.1, -0.05) is 127 Å². The fourth-order valence-corrected chi connectivity index (χ4v) is 5.80. The summed E-state index contributed by atoms with van der Waals surface area (Å²) in [7, 11) is 0. The molecule has 0 saturated heterocycles. The van der Waals surface area contributed by atoms with Crippen LogP contribution in [-0.2, 0) is 47.6 Å². The van der Waals surface area contributed by atoms with Crippen molar-refractivity contribution in [2.24, 2.45) is 0 Å². The van der Waals surface area contributed by atoms with Crippen molar-refractivity contribution in [3.63, 3.8) is 0 Å². The van der Waals surface area contributed by atoms with Gasteiger partial charge in [0.2, 0.25) is 0 Å². The zero-order valence-electron chi connectivity index (χ0n) is 28.9. The predicted octanol–water partition coefficient (Wildman–Crippen LogP) is 12.5. The predicted molar refractivity (Wildman–Crippen MR) is 198 cm³/mol. The molecule has 6 aromatic rings. The van der Waals surface area contributed by atoms with Crippen LogP contribution in [0.5, 0.6) is 0 Å². The molecule has 0 radical (unpaired) electrons. The maximum absolute atomic E-state index is 2.34. The van der Waals surface area contributed by atoms with Gasteiger partial charge in [0.1, 0.15) is 0 Å². The standard InChI is InChI=1S/2C21H23.C2H4.Hf/c2*1-5-15-13-17-7-6-8-19(20(17)14-15)16-9-11-18(12-10-16)21(2,3)4;1-2;/h2*6-14H,5H2,1-4H3;1H,2H3;/q2*-1;;+2. The van der Waals surface area contributed by atoms with Gasteiger partial charge in [-0.15, -0.1) is 69.1 Å². The molecule has 0 fully saturated rings. The van der Waals surface area contributed by atoms with E-state index in [0.717, 1.165) is 12.8 Å². The molecular formula is C44H50Hf. The molecular weight excluding hydrogens is 707 g/mol. The molecule has 230 valence electrons. The Hall–Kier alpha value is -3.16. The molecule has 0 heterocycles. The number of aryl methyl sites for hydroxylation is 2. The molecule has 0 aliphatic carbocycles. The SMILES string of the molecule is CCc1cc2c(-c3ccc(C(C)(C)C)cc3)cccc2[cH-]1.CCc1cc2c(-c3ccc(C(C)(C)C)cc3)cccc2[cH-]1.C[CH]=[Hf+2]. The Bertz CT molecular complexity index is 1690. The van der Waals surface area contributed by atoms with E-state index in [4.69, 9.17) is 0 Å². The summed E-state index contributed by atoms with van der Waals surface area (Å²) >= 11 is 1.24. The Morgan fingerprint density at radius 1 is 0.556 bits per heavy atom. The monoisotopic (exact) mass is 758 g/mol. The number of hydrogen-bond donors (Lipinski definition) is 0. The van der Waals surface area contributed by atoms with Gasteiger partial charge in [0.05, 0.1) is 0 Å². The molecule has 0 aliphatic heterocycles. The van der Waals surface area contributed by atoms with E-state index in [2.05, 4.69) is 175 Å². The third-order valence-electron chi connectivity index (χ3n) is 8.56. The number of rotatable bonds is 4. The molecule has 0 unspecified atom stereocenters. The molecule has 45 heavy (non-hydrogen) atoms. The van der Waals surface area contributed by atoms with E-state index in [1.54, 1.807) is 0 Å². The van der Waals surface area contributed by atoms with Crippen LogP contribution in [-0.4, -0.2) is 3.76 Å². The zero-order valence-corrected chi connectivity index (χ0v) is 32.5. The van der Waals surface area contributed by atoms with Gasteiger partial charge < -0.3 is 0 Å². The van der Waals surface area contributed by atoms with E-state index in [-0.39, 0.29) is 10.8 Å². The second-order valence-corrected chi connectivity index (χ2v) is 16.1. The van der Waals surface area contributed by atoms with Gasteiger partial charge in [-0.3, -0.25) is 0 Å². The van der Waals surface area contributed by atoms with Crippen molar-refractivity contribution >= 4 is 25.3 Å². The molecule has 1 heteroatoms. The van der Waals surface area contributed by atoms with Gasteiger partial charge >= 0.3 is 34.6 Å². The van der Waals surface area contributed by atoms with E-state index < -0.39 is 0 Å². The Kier molecular flexibility index (Phi) is 11.5. The van der Waals surface area contributed by atoms with E-state index in [1.807, 2.05) is 0 Å². The first kappa shape index (κ1) is 34.7. The number of benzene rings is 4. The van der Waals surface area contributed by atoms with Crippen LogP contribution >= 0.6 is 0 Å². The molecule has 0 aliphatic rings. The first-order valence-corrected chi connectivity index (χ1v) is 18.5. The average Bonchev–Trinajstić information content (AvgIpc) is 3.65. The van der Waals surface area contributed by atoms with Crippen LogP contribution in [0.2, 0.25) is 0 Å². The zero-order chi connectivity index (χ0) is 32.8. The van der Waals surface area contributed by atoms with Crippen molar-refractivity contribution in [2.75, 3.05) is 0 Å². The van der Waals surface area contributed by atoms with Crippen LogP contribution in [0.1, 0.15) is 84.6 Å². The summed E-state index contributed by atoms with van der Waals surface area (Å²) in [4.78, 5) is 0. The molecule has 0 spiro atoms. The minimum atomic E-state index is 0.209. The first-order chi connectivity index (χ1) is 21.4. The fourth-order valence-electron chi connectivity index (χ4n) is 5.80. The third kappa shape index (κ3) is 8.56. The second kappa shape index (κ2) is 15.0. The Balaban J connectivity index is 0.000000189. The van der Waals surface area contributed by atoms with Crippen molar-refractivity contribution < 1.29 is 23.9 Å². The summed E-state index contributed by atoms with van der Waals surface area (Å²) in [6, 6.07) is 40.6. The van der Waals surface area contributed by atoms with E-state index in [0.29, 0.717) is 0 Å². The van der Waals surface area contributed by atoms with E-state index >= 15 is 0 Å². The molecule has 0 nitrogen and oxygen atoms in total. The van der Waals surface area contributed by atoms with Crippen LogP contribution in [0.15, 0.2) is 109 Å². The quantitative estimate of drug-likeness (QED) is 0.124. The van der Waals surface area contributed by atoms with Crippen LogP contribution in [0.3, 0.4) is 0 Å². The Labute approximate surface area is 287 Å². The Morgan fingerprint density at radius 3 is 1.18 bits per heavy atom. The molecule has 0 N–H and O–H groups in total. The maximum atomic E-state index is 2.34. The summed E-state index contributed by atoms with van der Waals surface area (Å²) in [5.41, 5.74) is 11.3. The fraction of sp³-hybridized carbons (Fsp3) is 0.295. The molecule has 0 atom stereocenters. The van der Waals surface area contributed by atoms with E-state index in [1.165, 1.54) is 89.9 Å². The van der Waals surface area contributed by atoms with Crippen molar-refractivity contribution in [3.8, 4) is 22.3 Å². The van der Waals surface area contributed by atoms with Gasteiger partial charge in [-0.25, -0.2) is 0 Å². The van der Waals surface area contributed by atoms with E-state index in [9.17, 15) is 0 Å². The summed E-state index contributed by atoms with van der Waals surface area (Å²) in [5, 5.41) is 5.45. The van der Waals surface area contributed by atoms with Crippen molar-refractivity contribution in [1.82, 2.24) is 0 Å². The molecule has 0 amide bonds. The molecule has 6 aromatic carbocycles. The molecule has 0 aromatic heterocycles. The molecule has 0 saturated carbocycles. The van der Waals surface area contributed by atoms with Crippen LogP contribution in [0.4, 0.5) is 0 Å². The van der Waals surface area contributed by atoms with Crippen LogP contribution < -0.4 is 0 Å². The summed E-state index contributed by atoms with van der Waals surface area (Å²) in [6.07, 6.45) is 2.19. The van der Waals surface area contributed by atoms with Gasteiger partial charge in [0, 0.05) is 0 Å². The van der Waals surface area contributed by atoms with Crippen molar-refractivity contribution in [1.29, 1.82) is 0 Å².